The predicted octanol–water partition coefficient (Wildman–Crippen LogP) is 4.97. The Morgan fingerprint density at radius 3 is 1.50 bits per heavy atom. The van der Waals surface area contributed by atoms with Gasteiger partial charge in [0.1, 0.15) is 5.60 Å². The molecule has 2 aromatic carbocycles. The molecule has 2 aromatic rings. The lowest BCUT2D eigenvalue weighted by Gasteiger charge is -2.22. The van der Waals surface area contributed by atoms with E-state index in [9.17, 15) is 14.4 Å². The van der Waals surface area contributed by atoms with E-state index >= 15 is 0 Å². The van der Waals surface area contributed by atoms with Gasteiger partial charge in [-0.1, -0.05) is 24.3 Å². The van der Waals surface area contributed by atoms with Gasteiger partial charge in [-0.2, -0.15) is 0 Å². The van der Waals surface area contributed by atoms with Gasteiger partial charge in [-0.3, -0.25) is 0 Å². The summed E-state index contributed by atoms with van der Waals surface area (Å²) in [4.78, 5) is 34.0. The number of methoxy groups -OCH3 is 2. The number of esters is 2. The van der Waals surface area contributed by atoms with Crippen molar-refractivity contribution in [2.45, 2.75) is 52.3 Å². The summed E-state index contributed by atoms with van der Waals surface area (Å²) in [6.07, 6.45) is -0.470. The highest BCUT2D eigenvalue weighted by atomic mass is 35.5. The first-order valence-electron chi connectivity index (χ1n) is 10.5. The van der Waals surface area contributed by atoms with Gasteiger partial charge in [0.2, 0.25) is 0 Å². The Kier molecular flexibility index (Phi) is 12.9. The summed E-state index contributed by atoms with van der Waals surface area (Å²) in [5.74, 6) is -0.708. The third-order valence-corrected chi connectivity index (χ3v) is 4.42. The van der Waals surface area contributed by atoms with Crippen LogP contribution in [-0.4, -0.2) is 37.9 Å². The van der Waals surface area contributed by atoms with Gasteiger partial charge >= 0.3 is 18.0 Å². The first kappa shape index (κ1) is 30.9. The lowest BCUT2D eigenvalue weighted by molar-refractivity contribution is 0.0505. The normalized spacial score (nSPS) is 12.0. The molecule has 8 nitrogen and oxygen atoms in total. The molecule has 0 aromatic heterocycles. The molecule has 1 amide bonds. The maximum Gasteiger partial charge on any atom is 0.408 e. The van der Waals surface area contributed by atoms with Crippen molar-refractivity contribution in [3.8, 4) is 0 Å². The number of hydrogen-bond acceptors (Lipinski definition) is 7. The van der Waals surface area contributed by atoms with Crippen molar-refractivity contribution < 1.29 is 28.6 Å². The van der Waals surface area contributed by atoms with Crippen molar-refractivity contribution in [1.82, 2.24) is 5.32 Å². The summed E-state index contributed by atoms with van der Waals surface area (Å²) in [6.45, 7) is 9.16. The molecule has 0 aliphatic carbocycles. The Hall–Kier alpha value is -3.10. The summed E-state index contributed by atoms with van der Waals surface area (Å²) in [5, 5.41) is 2.74. The number of amides is 1. The molecule has 0 unspecified atom stereocenters. The highest BCUT2D eigenvalue weighted by Gasteiger charge is 2.18. The van der Waals surface area contributed by atoms with E-state index in [1.54, 1.807) is 36.4 Å². The summed E-state index contributed by atoms with van der Waals surface area (Å²) in [6, 6.07) is 13.7. The molecule has 0 radical (unpaired) electrons. The second-order valence-corrected chi connectivity index (χ2v) is 8.38. The van der Waals surface area contributed by atoms with E-state index < -0.39 is 11.7 Å². The SMILES string of the molecule is COC(=O)c1ccc([C@H](C)N)cc1.COC(=O)c1ccc([C@H](C)NC(=O)OC(C)(C)C)cc1.Cl. The second-order valence-electron chi connectivity index (χ2n) is 8.38. The van der Waals surface area contributed by atoms with Crippen molar-refractivity contribution >= 4 is 30.4 Å². The molecule has 9 heteroatoms. The topological polar surface area (TPSA) is 117 Å². The number of nitrogens with two attached hydrogens (primary N) is 1. The van der Waals surface area contributed by atoms with Crippen LogP contribution in [-0.2, 0) is 14.2 Å². The van der Waals surface area contributed by atoms with E-state index in [1.165, 1.54) is 14.2 Å². The Morgan fingerprint density at radius 1 is 0.794 bits per heavy atom. The van der Waals surface area contributed by atoms with Crippen LogP contribution in [0.3, 0.4) is 0 Å². The third kappa shape index (κ3) is 10.7. The van der Waals surface area contributed by atoms with Crippen LogP contribution in [0.4, 0.5) is 4.79 Å². The van der Waals surface area contributed by atoms with E-state index in [0.717, 1.165) is 11.1 Å². The minimum Gasteiger partial charge on any atom is -0.465 e. The minimum absolute atomic E-state index is 0. The summed E-state index contributed by atoms with van der Waals surface area (Å²) in [7, 11) is 2.70. The summed E-state index contributed by atoms with van der Waals surface area (Å²) in [5.41, 5.74) is 8.03. The first-order valence-corrected chi connectivity index (χ1v) is 10.5. The van der Waals surface area contributed by atoms with Crippen molar-refractivity contribution in [3.63, 3.8) is 0 Å². The van der Waals surface area contributed by atoms with Gasteiger partial charge in [-0.25, -0.2) is 14.4 Å². The molecule has 34 heavy (non-hydrogen) atoms. The second kappa shape index (κ2) is 14.2. The maximum absolute atomic E-state index is 11.7. The molecule has 3 N–H and O–H groups in total. The molecule has 0 aliphatic rings. The number of benzene rings is 2. The van der Waals surface area contributed by atoms with Crippen molar-refractivity contribution in [2.24, 2.45) is 5.73 Å². The molecule has 2 atom stereocenters. The zero-order chi connectivity index (χ0) is 25.2. The lowest BCUT2D eigenvalue weighted by atomic mass is 10.1. The predicted molar refractivity (Wildman–Crippen MR) is 133 cm³/mol. The van der Waals surface area contributed by atoms with Gasteiger partial charge in [0.15, 0.2) is 0 Å². The molecule has 2 rings (SSSR count). The van der Waals surface area contributed by atoms with Crippen LogP contribution in [0, 0.1) is 0 Å². The molecule has 0 heterocycles. The largest absolute Gasteiger partial charge is 0.465 e. The Labute approximate surface area is 207 Å². The molecule has 0 fully saturated rings. The molecule has 0 saturated heterocycles. The van der Waals surface area contributed by atoms with Crippen LogP contribution >= 0.6 is 12.4 Å². The molecule has 0 saturated carbocycles. The monoisotopic (exact) mass is 494 g/mol. The minimum atomic E-state index is -0.529. The summed E-state index contributed by atoms with van der Waals surface area (Å²) < 4.78 is 14.4. The Morgan fingerprint density at radius 2 is 1.18 bits per heavy atom. The Balaban J connectivity index is 0.000000676. The van der Waals surface area contributed by atoms with Gasteiger partial charge in [0, 0.05) is 6.04 Å². The molecular weight excluding hydrogens is 460 g/mol. The highest BCUT2D eigenvalue weighted by molar-refractivity contribution is 5.89. The number of carbonyl (C=O) groups is 3. The Bertz CT molecular complexity index is 922. The molecular formula is C25H35ClN2O6. The third-order valence-electron chi connectivity index (χ3n) is 4.42. The molecule has 0 bridgehead atoms. The van der Waals surface area contributed by atoms with Crippen LogP contribution < -0.4 is 11.1 Å². The van der Waals surface area contributed by atoms with Crippen LogP contribution in [0.15, 0.2) is 48.5 Å². The van der Waals surface area contributed by atoms with Crippen molar-refractivity contribution in [1.29, 1.82) is 0 Å². The van der Waals surface area contributed by atoms with Gasteiger partial charge in [0.05, 0.1) is 31.4 Å². The van der Waals surface area contributed by atoms with Gasteiger partial charge in [-0.05, 0) is 70.0 Å². The quantitative estimate of drug-likeness (QED) is 0.445. The number of halogens is 1. The molecule has 0 aliphatic heterocycles. The van der Waals surface area contributed by atoms with Crippen LogP contribution in [0.5, 0.6) is 0 Å². The molecule has 0 spiro atoms. The van der Waals surface area contributed by atoms with Crippen LogP contribution in [0.2, 0.25) is 0 Å². The fraction of sp³-hybridized carbons (Fsp3) is 0.400. The smallest absolute Gasteiger partial charge is 0.408 e. The van der Waals surface area contributed by atoms with E-state index in [4.69, 9.17) is 10.5 Å². The van der Waals surface area contributed by atoms with Gasteiger partial charge in [0.25, 0.3) is 0 Å². The van der Waals surface area contributed by atoms with Gasteiger partial charge < -0.3 is 25.3 Å². The van der Waals surface area contributed by atoms with E-state index in [-0.39, 0.29) is 36.4 Å². The lowest BCUT2D eigenvalue weighted by Crippen LogP contribution is -2.34. The van der Waals surface area contributed by atoms with Crippen molar-refractivity contribution in [2.75, 3.05) is 14.2 Å². The zero-order valence-electron chi connectivity index (χ0n) is 20.7. The number of carbonyl (C=O) groups excluding carboxylic acids is 3. The fourth-order valence-corrected chi connectivity index (χ4v) is 2.63. The van der Waals surface area contributed by atoms with E-state index in [2.05, 4.69) is 14.8 Å². The fourth-order valence-electron chi connectivity index (χ4n) is 2.63. The average Bonchev–Trinajstić information content (AvgIpc) is 2.77. The summed E-state index contributed by atoms with van der Waals surface area (Å²) >= 11 is 0. The highest BCUT2D eigenvalue weighted by Crippen LogP contribution is 2.15. The number of hydrogen-bond donors (Lipinski definition) is 2. The first-order chi connectivity index (χ1) is 15.4. The van der Waals surface area contributed by atoms with E-state index in [0.29, 0.717) is 11.1 Å². The number of nitrogens with one attached hydrogen (secondary N) is 1. The van der Waals surface area contributed by atoms with Crippen molar-refractivity contribution in [3.05, 3.63) is 70.8 Å². The van der Waals surface area contributed by atoms with E-state index in [1.807, 2.05) is 46.8 Å². The van der Waals surface area contributed by atoms with Crippen LogP contribution in [0.25, 0.3) is 0 Å². The zero-order valence-corrected chi connectivity index (χ0v) is 21.5. The molecule has 188 valence electrons. The van der Waals surface area contributed by atoms with Crippen LogP contribution in [0.1, 0.15) is 78.5 Å². The van der Waals surface area contributed by atoms with Gasteiger partial charge in [-0.15, -0.1) is 12.4 Å². The number of alkyl carbamates (subject to hydrolysis) is 1. The maximum atomic E-state index is 11.7. The average molecular weight is 495 g/mol. The number of rotatable bonds is 5. The standard InChI is InChI=1S/C15H21NO4.C10H13NO2.ClH/c1-10(16-14(18)20-15(2,3)4)11-6-8-12(9-7-11)13(17)19-5;1-7(11)8-3-5-9(6-4-8)10(12)13-2;/h6-10H,1-5H3,(H,16,18);3-7H,11H2,1-2H3;1H/t10-;7-;/m00./s1. The number of ether oxygens (including phenoxy) is 3.